The van der Waals surface area contributed by atoms with Crippen molar-refractivity contribution in [1.29, 1.82) is 5.26 Å². The molecule has 0 unspecified atom stereocenters. The molecule has 0 radical (unpaired) electrons. The lowest BCUT2D eigenvalue weighted by molar-refractivity contribution is -0.0498. The zero-order valence-electron chi connectivity index (χ0n) is 13.6. The molecular formula is C15H19ClF2N2O3S. The van der Waals surface area contributed by atoms with Gasteiger partial charge >= 0.3 is 6.61 Å². The van der Waals surface area contributed by atoms with Crippen molar-refractivity contribution in [3.8, 4) is 11.8 Å². The van der Waals surface area contributed by atoms with E-state index in [9.17, 15) is 17.2 Å². The summed E-state index contributed by atoms with van der Waals surface area (Å²) in [5.74, 6) is -0.301. The molecule has 0 amide bonds. The summed E-state index contributed by atoms with van der Waals surface area (Å²) in [7, 11) is -3.92. The number of rotatable bonds is 7. The average molecular weight is 381 g/mol. The Hall–Kier alpha value is -1.43. The summed E-state index contributed by atoms with van der Waals surface area (Å²) in [6.07, 6.45) is 0.0373. The van der Waals surface area contributed by atoms with Crippen LogP contribution in [0.2, 0.25) is 5.02 Å². The van der Waals surface area contributed by atoms with Crippen LogP contribution in [0, 0.1) is 16.7 Å². The first-order valence-corrected chi connectivity index (χ1v) is 8.90. The summed E-state index contributed by atoms with van der Waals surface area (Å²) in [6.45, 7) is 2.78. The van der Waals surface area contributed by atoms with E-state index in [1.807, 2.05) is 26.8 Å². The number of nitriles is 1. The van der Waals surface area contributed by atoms with E-state index < -0.39 is 16.6 Å². The van der Waals surface area contributed by atoms with Crippen LogP contribution >= 0.6 is 11.6 Å². The van der Waals surface area contributed by atoms with Crippen LogP contribution in [0.3, 0.4) is 0 Å². The molecule has 0 aliphatic heterocycles. The fourth-order valence-corrected chi connectivity index (χ4v) is 3.95. The third-order valence-electron chi connectivity index (χ3n) is 2.88. The van der Waals surface area contributed by atoms with E-state index in [0.717, 1.165) is 18.2 Å². The van der Waals surface area contributed by atoms with Gasteiger partial charge in [0.15, 0.2) is 0 Å². The second kappa shape index (κ2) is 8.10. The van der Waals surface area contributed by atoms with Crippen molar-refractivity contribution < 1.29 is 21.9 Å². The summed E-state index contributed by atoms with van der Waals surface area (Å²) < 4.78 is 55.4. The van der Waals surface area contributed by atoms with E-state index in [4.69, 9.17) is 16.9 Å². The summed E-state index contributed by atoms with van der Waals surface area (Å²) in [6, 6.07) is 5.22. The van der Waals surface area contributed by atoms with Gasteiger partial charge in [-0.05, 0) is 23.6 Å². The highest BCUT2D eigenvalue weighted by Crippen LogP contribution is 2.30. The van der Waals surface area contributed by atoms with Gasteiger partial charge in [0.25, 0.3) is 0 Å². The maximum absolute atomic E-state index is 12.8. The smallest absolute Gasteiger partial charge is 0.387 e. The molecule has 0 heterocycles. The normalized spacial score (nSPS) is 12.5. The lowest BCUT2D eigenvalue weighted by atomic mass is 9.97. The molecule has 0 aliphatic rings. The molecule has 5 nitrogen and oxygen atoms in total. The Balaban J connectivity index is 3.19. The van der Waals surface area contributed by atoms with Crippen molar-refractivity contribution in [2.24, 2.45) is 5.41 Å². The second-order valence-corrected chi connectivity index (χ2v) is 8.62. The maximum atomic E-state index is 12.8. The number of sulfonamides is 1. The highest BCUT2D eigenvalue weighted by Gasteiger charge is 2.29. The minimum absolute atomic E-state index is 0.0308. The fourth-order valence-electron chi connectivity index (χ4n) is 1.97. The second-order valence-electron chi connectivity index (χ2n) is 6.28. The van der Waals surface area contributed by atoms with Crippen molar-refractivity contribution >= 4 is 21.6 Å². The molecular weight excluding hydrogens is 362 g/mol. The van der Waals surface area contributed by atoms with Crippen LogP contribution in [0.15, 0.2) is 23.1 Å². The quantitative estimate of drug-likeness (QED) is 0.719. The minimum Gasteiger partial charge on any atom is -0.433 e. The van der Waals surface area contributed by atoms with Gasteiger partial charge in [-0.15, -0.1) is 0 Å². The van der Waals surface area contributed by atoms with Gasteiger partial charge in [0, 0.05) is 19.5 Å². The Morgan fingerprint density at radius 3 is 2.46 bits per heavy atom. The molecule has 0 aromatic heterocycles. The molecule has 134 valence electrons. The van der Waals surface area contributed by atoms with Crippen LogP contribution in [-0.4, -0.2) is 32.4 Å². The van der Waals surface area contributed by atoms with Crippen LogP contribution in [0.5, 0.6) is 5.75 Å². The van der Waals surface area contributed by atoms with Crippen LogP contribution in [0.25, 0.3) is 0 Å². The lowest BCUT2D eigenvalue weighted by Gasteiger charge is -2.28. The third kappa shape index (κ3) is 5.89. The first-order valence-electron chi connectivity index (χ1n) is 7.09. The van der Waals surface area contributed by atoms with Gasteiger partial charge in [-0.3, -0.25) is 0 Å². The maximum Gasteiger partial charge on any atom is 0.387 e. The zero-order chi connectivity index (χ0) is 18.5. The topological polar surface area (TPSA) is 70.4 Å². The summed E-state index contributed by atoms with van der Waals surface area (Å²) >= 11 is 5.83. The highest BCUT2D eigenvalue weighted by molar-refractivity contribution is 7.89. The van der Waals surface area contributed by atoms with Crippen LogP contribution in [-0.2, 0) is 10.0 Å². The molecule has 0 bridgehead atoms. The molecule has 24 heavy (non-hydrogen) atoms. The van der Waals surface area contributed by atoms with Gasteiger partial charge in [0.2, 0.25) is 10.0 Å². The Bertz CT molecular complexity index is 712. The van der Waals surface area contributed by atoms with E-state index in [1.165, 1.54) is 4.31 Å². The molecule has 1 aromatic rings. The molecule has 0 aliphatic carbocycles. The summed E-state index contributed by atoms with van der Waals surface area (Å²) in [5.41, 5.74) is -0.328. The number of alkyl halides is 2. The first kappa shape index (κ1) is 20.6. The number of benzene rings is 1. The summed E-state index contributed by atoms with van der Waals surface area (Å²) in [5, 5.41) is 8.50. The Morgan fingerprint density at radius 2 is 2.00 bits per heavy atom. The predicted molar refractivity (Wildman–Crippen MR) is 86.5 cm³/mol. The monoisotopic (exact) mass is 380 g/mol. The van der Waals surface area contributed by atoms with E-state index in [1.54, 1.807) is 0 Å². The van der Waals surface area contributed by atoms with Crippen molar-refractivity contribution in [2.75, 3.05) is 13.1 Å². The first-order chi connectivity index (χ1) is 11.0. The van der Waals surface area contributed by atoms with Crippen LogP contribution in [0.1, 0.15) is 27.2 Å². The number of hydrogen-bond donors (Lipinski definition) is 0. The molecule has 0 saturated heterocycles. The van der Waals surface area contributed by atoms with Gasteiger partial charge in [-0.2, -0.15) is 18.3 Å². The van der Waals surface area contributed by atoms with Crippen LogP contribution < -0.4 is 4.74 Å². The van der Waals surface area contributed by atoms with Crippen molar-refractivity contribution in [3.05, 3.63) is 23.2 Å². The summed E-state index contributed by atoms with van der Waals surface area (Å²) in [4.78, 5) is -0.142. The molecule has 1 rings (SSSR count). The molecule has 0 spiro atoms. The Labute approximate surface area is 145 Å². The van der Waals surface area contributed by atoms with E-state index in [-0.39, 0.29) is 40.6 Å². The standard InChI is InChI=1S/C15H19ClF2N2O3S/c1-15(2,3)10-20(8-4-7-19)24(21,22)11-5-6-13(12(16)9-11)23-14(17)18/h5-6,9,14H,4,8,10H2,1-3H3. The average Bonchev–Trinajstić information content (AvgIpc) is 2.43. The molecule has 1 aromatic carbocycles. The van der Waals surface area contributed by atoms with Gasteiger partial charge < -0.3 is 4.74 Å². The SMILES string of the molecule is CC(C)(C)CN(CCC#N)S(=O)(=O)c1ccc(OC(F)F)c(Cl)c1. The molecule has 9 heteroatoms. The molecule has 0 fully saturated rings. The fraction of sp³-hybridized carbons (Fsp3) is 0.533. The number of ether oxygens (including phenoxy) is 1. The number of hydrogen-bond acceptors (Lipinski definition) is 4. The zero-order valence-corrected chi connectivity index (χ0v) is 15.2. The minimum atomic E-state index is -3.92. The van der Waals surface area contributed by atoms with Gasteiger partial charge in [0.1, 0.15) is 5.75 Å². The molecule has 0 atom stereocenters. The Kier molecular flexibility index (Phi) is 6.96. The lowest BCUT2D eigenvalue weighted by Crippen LogP contribution is -2.38. The van der Waals surface area contributed by atoms with Crippen LogP contribution in [0.4, 0.5) is 8.78 Å². The van der Waals surface area contributed by atoms with E-state index >= 15 is 0 Å². The van der Waals surface area contributed by atoms with Crippen molar-refractivity contribution in [2.45, 2.75) is 38.7 Å². The number of halogens is 3. The van der Waals surface area contributed by atoms with Crippen molar-refractivity contribution in [1.82, 2.24) is 4.31 Å². The van der Waals surface area contributed by atoms with Gasteiger partial charge in [-0.1, -0.05) is 32.4 Å². The molecule has 0 N–H and O–H groups in total. The number of nitrogens with zero attached hydrogens (tertiary/aromatic N) is 2. The predicted octanol–water partition coefficient (Wildman–Crippen LogP) is 3.89. The van der Waals surface area contributed by atoms with Gasteiger partial charge in [0.05, 0.1) is 16.0 Å². The largest absolute Gasteiger partial charge is 0.433 e. The van der Waals surface area contributed by atoms with Gasteiger partial charge in [-0.25, -0.2) is 8.42 Å². The Morgan fingerprint density at radius 1 is 1.38 bits per heavy atom. The van der Waals surface area contributed by atoms with E-state index in [2.05, 4.69) is 4.74 Å². The van der Waals surface area contributed by atoms with E-state index in [0.29, 0.717) is 0 Å². The highest BCUT2D eigenvalue weighted by atomic mass is 35.5. The van der Waals surface area contributed by atoms with Crippen molar-refractivity contribution in [3.63, 3.8) is 0 Å². The third-order valence-corrected chi connectivity index (χ3v) is 5.02. The molecule has 0 saturated carbocycles.